The van der Waals surface area contributed by atoms with Gasteiger partial charge in [-0.05, 0) is 91.7 Å². The van der Waals surface area contributed by atoms with Crippen LogP contribution in [0.4, 0.5) is 0 Å². The summed E-state index contributed by atoms with van der Waals surface area (Å²) in [5, 5.41) is 12.1. The van der Waals surface area contributed by atoms with Crippen LogP contribution in [0.15, 0.2) is 42.5 Å². The number of hydrogen-bond acceptors (Lipinski definition) is 2. The highest BCUT2D eigenvalue weighted by atomic mass is 35.5. The molecule has 5 heteroatoms. The number of carbonyl (C=O) groups excluding carboxylic acids is 1. The number of rotatable bonds is 4. The molecule has 0 heterocycles. The third-order valence-corrected chi connectivity index (χ3v) is 8.16. The van der Waals surface area contributed by atoms with E-state index in [4.69, 9.17) is 23.2 Å². The van der Waals surface area contributed by atoms with Crippen LogP contribution in [0.5, 0.6) is 0 Å². The SMILES string of the molecule is CN(C(=O)c1ccc(Cc2ccc(Cl)cc2Cl)cc1)C1C2CC3CC1CC(O)(C3)C2. The quantitative estimate of drug-likeness (QED) is 0.668. The van der Waals surface area contributed by atoms with E-state index in [1.165, 1.54) is 0 Å². The van der Waals surface area contributed by atoms with Crippen molar-refractivity contribution in [1.82, 2.24) is 4.90 Å². The first kappa shape index (κ1) is 20.4. The molecule has 2 atom stereocenters. The van der Waals surface area contributed by atoms with Gasteiger partial charge < -0.3 is 10.0 Å². The minimum Gasteiger partial charge on any atom is -0.390 e. The lowest BCUT2D eigenvalue weighted by atomic mass is 9.52. The number of hydrogen-bond donors (Lipinski definition) is 1. The maximum absolute atomic E-state index is 13.2. The van der Waals surface area contributed by atoms with E-state index >= 15 is 0 Å². The van der Waals surface area contributed by atoms with Crippen molar-refractivity contribution in [2.75, 3.05) is 7.05 Å². The predicted molar refractivity (Wildman–Crippen MR) is 120 cm³/mol. The molecule has 0 aromatic heterocycles. The molecule has 6 rings (SSSR count). The van der Waals surface area contributed by atoms with Gasteiger partial charge in [0.05, 0.1) is 5.60 Å². The zero-order chi connectivity index (χ0) is 21.0. The molecule has 4 fully saturated rings. The van der Waals surface area contributed by atoms with Crippen molar-refractivity contribution in [2.45, 2.75) is 50.2 Å². The summed E-state index contributed by atoms with van der Waals surface area (Å²) < 4.78 is 0. The van der Waals surface area contributed by atoms with Crippen LogP contribution in [-0.4, -0.2) is 34.6 Å². The van der Waals surface area contributed by atoms with Crippen LogP contribution in [0.3, 0.4) is 0 Å². The summed E-state index contributed by atoms with van der Waals surface area (Å²) in [7, 11) is 1.95. The van der Waals surface area contributed by atoms with E-state index in [-0.39, 0.29) is 11.9 Å². The molecule has 4 aliphatic carbocycles. The van der Waals surface area contributed by atoms with Gasteiger partial charge in [0, 0.05) is 28.7 Å². The Morgan fingerprint density at radius 2 is 1.73 bits per heavy atom. The van der Waals surface area contributed by atoms with Gasteiger partial charge in [-0.15, -0.1) is 0 Å². The fraction of sp³-hybridized carbons (Fsp3) is 0.480. The number of benzene rings is 2. The molecule has 4 aliphatic rings. The lowest BCUT2D eigenvalue weighted by Crippen LogP contribution is -2.61. The Morgan fingerprint density at radius 1 is 1.07 bits per heavy atom. The highest BCUT2D eigenvalue weighted by Gasteiger charge is 2.56. The summed E-state index contributed by atoms with van der Waals surface area (Å²) in [6, 6.07) is 13.6. The molecule has 0 saturated heterocycles. The average molecular weight is 444 g/mol. The topological polar surface area (TPSA) is 40.5 Å². The van der Waals surface area contributed by atoms with Crippen LogP contribution >= 0.6 is 23.2 Å². The molecule has 2 unspecified atom stereocenters. The normalized spacial score (nSPS) is 31.7. The Balaban J connectivity index is 1.29. The van der Waals surface area contributed by atoms with E-state index in [1.807, 2.05) is 48.3 Å². The maximum Gasteiger partial charge on any atom is 0.253 e. The first-order chi connectivity index (χ1) is 14.3. The van der Waals surface area contributed by atoms with Crippen molar-refractivity contribution in [2.24, 2.45) is 17.8 Å². The molecule has 0 spiro atoms. The first-order valence-corrected chi connectivity index (χ1v) is 11.6. The second-order valence-corrected chi connectivity index (χ2v) is 10.6. The minimum atomic E-state index is -0.471. The third-order valence-electron chi connectivity index (χ3n) is 7.57. The maximum atomic E-state index is 13.2. The van der Waals surface area contributed by atoms with E-state index in [1.54, 1.807) is 6.07 Å². The van der Waals surface area contributed by atoms with Crippen LogP contribution < -0.4 is 0 Å². The van der Waals surface area contributed by atoms with Gasteiger partial charge in [0.15, 0.2) is 0 Å². The molecule has 1 N–H and O–H groups in total. The van der Waals surface area contributed by atoms with Gasteiger partial charge in [-0.3, -0.25) is 4.79 Å². The molecule has 4 saturated carbocycles. The van der Waals surface area contributed by atoms with E-state index in [2.05, 4.69) is 0 Å². The van der Waals surface area contributed by atoms with Crippen LogP contribution in [0, 0.1) is 17.8 Å². The molecule has 4 bridgehead atoms. The zero-order valence-electron chi connectivity index (χ0n) is 17.2. The van der Waals surface area contributed by atoms with Gasteiger partial charge >= 0.3 is 0 Å². The Kier molecular flexibility index (Phi) is 5.12. The monoisotopic (exact) mass is 443 g/mol. The number of aliphatic hydroxyl groups is 1. The van der Waals surface area contributed by atoms with Gasteiger partial charge in [0.2, 0.25) is 0 Å². The molecular formula is C25H27Cl2NO2. The average Bonchev–Trinajstić information content (AvgIpc) is 2.68. The largest absolute Gasteiger partial charge is 0.390 e. The van der Waals surface area contributed by atoms with Gasteiger partial charge in [-0.25, -0.2) is 0 Å². The molecule has 158 valence electrons. The van der Waals surface area contributed by atoms with Gasteiger partial charge in [0.25, 0.3) is 5.91 Å². The van der Waals surface area contributed by atoms with Crippen molar-refractivity contribution in [3.8, 4) is 0 Å². The summed E-state index contributed by atoms with van der Waals surface area (Å²) in [6.45, 7) is 0. The van der Waals surface area contributed by atoms with Crippen LogP contribution in [0.1, 0.15) is 53.6 Å². The highest BCUT2D eigenvalue weighted by molar-refractivity contribution is 6.35. The minimum absolute atomic E-state index is 0.0792. The Labute approximate surface area is 188 Å². The fourth-order valence-electron chi connectivity index (χ4n) is 6.58. The number of carbonyl (C=O) groups is 1. The van der Waals surface area contributed by atoms with Crippen LogP contribution in [0.2, 0.25) is 10.0 Å². The van der Waals surface area contributed by atoms with Crippen LogP contribution in [0.25, 0.3) is 0 Å². The van der Waals surface area contributed by atoms with Gasteiger partial charge in [-0.1, -0.05) is 41.4 Å². The van der Waals surface area contributed by atoms with E-state index in [9.17, 15) is 9.90 Å². The van der Waals surface area contributed by atoms with Crippen molar-refractivity contribution in [1.29, 1.82) is 0 Å². The first-order valence-electron chi connectivity index (χ1n) is 10.8. The lowest BCUT2D eigenvalue weighted by molar-refractivity contribution is -0.152. The summed E-state index contributed by atoms with van der Waals surface area (Å²) in [5.74, 6) is 1.59. The second-order valence-electron chi connectivity index (χ2n) is 9.71. The fourth-order valence-corrected chi connectivity index (χ4v) is 7.05. The highest BCUT2D eigenvalue weighted by Crippen LogP contribution is 2.56. The standard InChI is InChI=1S/C25H27Cl2NO2/c1-28(23-19-9-16-10-20(23)14-25(30,12-16)13-19)24(29)17-4-2-15(3-5-17)8-18-6-7-21(26)11-22(18)27/h2-7,11,16,19-20,23,30H,8-10,12-14H2,1H3. The third kappa shape index (κ3) is 3.66. The molecular weight excluding hydrogens is 417 g/mol. The predicted octanol–water partition coefficient (Wildman–Crippen LogP) is 5.60. The molecule has 1 amide bonds. The molecule has 0 aliphatic heterocycles. The number of nitrogens with zero attached hydrogens (tertiary/aromatic N) is 1. The summed E-state index contributed by atoms with van der Waals surface area (Å²) >= 11 is 12.3. The number of halogens is 2. The zero-order valence-corrected chi connectivity index (χ0v) is 18.7. The molecule has 3 nitrogen and oxygen atoms in total. The molecule has 2 aromatic rings. The van der Waals surface area contributed by atoms with Crippen LogP contribution in [-0.2, 0) is 6.42 Å². The Morgan fingerprint density at radius 3 is 2.33 bits per heavy atom. The molecule has 30 heavy (non-hydrogen) atoms. The van der Waals surface area contributed by atoms with Crippen molar-refractivity contribution < 1.29 is 9.90 Å². The molecule has 2 aromatic carbocycles. The van der Waals surface area contributed by atoms with Gasteiger partial charge in [0.1, 0.15) is 0 Å². The van der Waals surface area contributed by atoms with Crippen molar-refractivity contribution >= 4 is 29.1 Å². The van der Waals surface area contributed by atoms with E-state index in [0.29, 0.717) is 34.2 Å². The smallest absolute Gasteiger partial charge is 0.253 e. The summed E-state index contributed by atoms with van der Waals surface area (Å²) in [6.07, 6.45) is 5.67. The Hall–Kier alpha value is -1.55. The van der Waals surface area contributed by atoms with E-state index < -0.39 is 5.60 Å². The number of amides is 1. The second kappa shape index (κ2) is 7.55. The lowest BCUT2D eigenvalue weighted by Gasteiger charge is -2.59. The van der Waals surface area contributed by atoms with Crippen molar-refractivity contribution in [3.63, 3.8) is 0 Å². The van der Waals surface area contributed by atoms with Gasteiger partial charge in [-0.2, -0.15) is 0 Å². The van der Waals surface area contributed by atoms with E-state index in [0.717, 1.165) is 48.8 Å². The molecule has 0 radical (unpaired) electrons. The Bertz CT molecular complexity index is 958. The van der Waals surface area contributed by atoms with Crippen molar-refractivity contribution in [3.05, 3.63) is 69.2 Å². The summed E-state index contributed by atoms with van der Waals surface area (Å²) in [4.78, 5) is 15.2. The summed E-state index contributed by atoms with van der Waals surface area (Å²) in [5.41, 5.74) is 2.37.